The summed E-state index contributed by atoms with van der Waals surface area (Å²) in [5.74, 6) is -0.0388. The van der Waals surface area contributed by atoms with E-state index in [2.05, 4.69) is 73.0 Å². The van der Waals surface area contributed by atoms with Crippen molar-refractivity contribution in [3.05, 3.63) is 100 Å². The highest BCUT2D eigenvalue weighted by atomic mass is 16.1. The Balaban J connectivity index is 1.75. The van der Waals surface area contributed by atoms with Gasteiger partial charge < -0.3 is 5.32 Å². The minimum atomic E-state index is -0.0388. The van der Waals surface area contributed by atoms with Gasteiger partial charge in [0.15, 0.2) is 0 Å². The monoisotopic (exact) mass is 372 g/mol. The van der Waals surface area contributed by atoms with Gasteiger partial charge in [0.05, 0.1) is 12.6 Å². The van der Waals surface area contributed by atoms with E-state index in [-0.39, 0.29) is 18.5 Å². The lowest BCUT2D eigenvalue weighted by Gasteiger charge is -2.20. The van der Waals surface area contributed by atoms with Crippen LogP contribution in [0.4, 0.5) is 5.69 Å². The van der Waals surface area contributed by atoms with Gasteiger partial charge in [-0.05, 0) is 49.9 Å². The largest absolute Gasteiger partial charge is 0.324 e. The Morgan fingerprint density at radius 2 is 1.36 bits per heavy atom. The zero-order valence-corrected chi connectivity index (χ0v) is 17.0. The third kappa shape index (κ3) is 4.87. The summed E-state index contributed by atoms with van der Waals surface area (Å²) >= 11 is 0. The molecule has 0 aliphatic heterocycles. The lowest BCUT2D eigenvalue weighted by Crippen LogP contribution is -2.32. The number of rotatable bonds is 6. The predicted octanol–water partition coefficient (Wildman–Crippen LogP) is 5.24. The summed E-state index contributed by atoms with van der Waals surface area (Å²) in [5, 5.41) is 6.50. The van der Waals surface area contributed by atoms with Crippen molar-refractivity contribution in [3.63, 3.8) is 0 Å². The highest BCUT2D eigenvalue weighted by molar-refractivity contribution is 5.93. The molecule has 1 amide bonds. The van der Waals surface area contributed by atoms with Gasteiger partial charge in [-0.1, -0.05) is 77.9 Å². The van der Waals surface area contributed by atoms with Gasteiger partial charge in [-0.15, -0.1) is 0 Å². The summed E-state index contributed by atoms with van der Waals surface area (Å²) in [6, 6.07) is 22.8. The fourth-order valence-corrected chi connectivity index (χ4v) is 3.59. The van der Waals surface area contributed by atoms with Crippen molar-refractivity contribution in [1.29, 1.82) is 0 Å². The van der Waals surface area contributed by atoms with Crippen molar-refractivity contribution in [2.45, 2.75) is 33.7 Å². The maximum absolute atomic E-state index is 12.6. The Morgan fingerprint density at radius 3 is 1.96 bits per heavy atom. The summed E-state index contributed by atoms with van der Waals surface area (Å²) in [6.45, 7) is 8.44. The predicted molar refractivity (Wildman–Crippen MR) is 117 cm³/mol. The molecule has 0 bridgehead atoms. The van der Waals surface area contributed by atoms with Crippen LogP contribution in [0.15, 0.2) is 66.7 Å². The smallest absolute Gasteiger partial charge is 0.238 e. The van der Waals surface area contributed by atoms with Gasteiger partial charge in [-0.25, -0.2) is 0 Å². The average Bonchev–Trinajstić information content (AvgIpc) is 2.67. The normalized spacial score (nSPS) is 11.9. The Labute approximate surface area is 167 Å². The molecule has 0 unspecified atom stereocenters. The number of nitrogens with one attached hydrogen (secondary N) is 2. The van der Waals surface area contributed by atoms with Crippen molar-refractivity contribution in [2.24, 2.45) is 0 Å². The third-order valence-electron chi connectivity index (χ3n) is 4.95. The van der Waals surface area contributed by atoms with E-state index in [9.17, 15) is 4.79 Å². The van der Waals surface area contributed by atoms with Crippen LogP contribution in [0, 0.1) is 27.7 Å². The van der Waals surface area contributed by atoms with Crippen LogP contribution < -0.4 is 10.6 Å². The number of carbonyl (C=O) groups excluding carboxylic acids is 1. The molecule has 3 nitrogen and oxygen atoms in total. The van der Waals surface area contributed by atoms with Crippen molar-refractivity contribution in [3.8, 4) is 0 Å². The van der Waals surface area contributed by atoms with Gasteiger partial charge in [0, 0.05) is 5.69 Å². The minimum absolute atomic E-state index is 0.0345. The van der Waals surface area contributed by atoms with E-state index < -0.39 is 0 Å². The highest BCUT2D eigenvalue weighted by Crippen LogP contribution is 2.23. The number of amides is 1. The molecule has 3 aromatic rings. The van der Waals surface area contributed by atoms with Crippen molar-refractivity contribution in [1.82, 2.24) is 5.32 Å². The first-order valence-corrected chi connectivity index (χ1v) is 9.66. The van der Waals surface area contributed by atoms with Crippen LogP contribution in [0.1, 0.15) is 39.4 Å². The fourth-order valence-electron chi connectivity index (χ4n) is 3.59. The molecule has 0 spiro atoms. The van der Waals surface area contributed by atoms with E-state index in [4.69, 9.17) is 0 Å². The van der Waals surface area contributed by atoms with Gasteiger partial charge in [0.1, 0.15) is 0 Å². The van der Waals surface area contributed by atoms with E-state index >= 15 is 0 Å². The number of aryl methyl sites for hydroxylation is 4. The highest BCUT2D eigenvalue weighted by Gasteiger charge is 2.16. The molecule has 0 aromatic heterocycles. The first-order chi connectivity index (χ1) is 13.4. The molecular weight excluding hydrogens is 344 g/mol. The topological polar surface area (TPSA) is 41.1 Å². The van der Waals surface area contributed by atoms with Crippen LogP contribution in [-0.2, 0) is 4.79 Å². The lowest BCUT2D eigenvalue weighted by atomic mass is 9.98. The number of carbonyl (C=O) groups is 1. The molecule has 3 heteroatoms. The number of benzene rings is 3. The fraction of sp³-hybridized carbons (Fsp3) is 0.240. The molecule has 1 atom stereocenters. The molecular formula is C25H28N2O. The first-order valence-electron chi connectivity index (χ1n) is 9.66. The van der Waals surface area contributed by atoms with Crippen molar-refractivity contribution >= 4 is 11.6 Å². The number of anilines is 1. The van der Waals surface area contributed by atoms with E-state index in [1.54, 1.807) is 0 Å². The summed E-state index contributed by atoms with van der Waals surface area (Å²) in [4.78, 5) is 12.6. The SMILES string of the molecule is Cc1ccc([C@@H](NCC(=O)Nc2c(C)cc(C)cc2C)c2ccccc2)cc1. The Bertz CT molecular complexity index is 923. The number of hydrogen-bond donors (Lipinski definition) is 2. The zero-order chi connectivity index (χ0) is 20.1. The third-order valence-corrected chi connectivity index (χ3v) is 4.95. The zero-order valence-electron chi connectivity index (χ0n) is 17.0. The maximum Gasteiger partial charge on any atom is 0.238 e. The van der Waals surface area contributed by atoms with Crippen LogP contribution in [0.5, 0.6) is 0 Å². The molecule has 0 aliphatic carbocycles. The van der Waals surface area contributed by atoms with E-state index in [0.717, 1.165) is 27.9 Å². The second-order valence-electron chi connectivity index (χ2n) is 7.46. The van der Waals surface area contributed by atoms with Crippen LogP contribution in [0.2, 0.25) is 0 Å². The van der Waals surface area contributed by atoms with E-state index in [1.807, 2.05) is 32.0 Å². The van der Waals surface area contributed by atoms with Gasteiger partial charge in [0.25, 0.3) is 0 Å². The van der Waals surface area contributed by atoms with E-state index in [1.165, 1.54) is 11.1 Å². The molecule has 0 saturated carbocycles. The molecule has 0 radical (unpaired) electrons. The molecule has 144 valence electrons. The van der Waals surface area contributed by atoms with Gasteiger partial charge in [-0.3, -0.25) is 10.1 Å². The summed E-state index contributed by atoms with van der Waals surface area (Å²) in [7, 11) is 0. The molecule has 0 fully saturated rings. The van der Waals surface area contributed by atoms with Crippen molar-refractivity contribution in [2.75, 3.05) is 11.9 Å². The van der Waals surface area contributed by atoms with Gasteiger partial charge >= 0.3 is 0 Å². The van der Waals surface area contributed by atoms with E-state index in [0.29, 0.717) is 0 Å². The molecule has 2 N–H and O–H groups in total. The summed E-state index contributed by atoms with van der Waals surface area (Å²) < 4.78 is 0. The molecule has 0 saturated heterocycles. The molecule has 3 rings (SSSR count). The second kappa shape index (κ2) is 8.85. The number of hydrogen-bond acceptors (Lipinski definition) is 2. The Hall–Kier alpha value is -2.91. The summed E-state index contributed by atoms with van der Waals surface area (Å²) in [5.41, 5.74) is 7.79. The second-order valence-corrected chi connectivity index (χ2v) is 7.46. The van der Waals surface area contributed by atoms with Crippen LogP contribution >= 0.6 is 0 Å². The first kappa shape index (κ1) is 19.8. The molecule has 3 aromatic carbocycles. The lowest BCUT2D eigenvalue weighted by molar-refractivity contribution is -0.115. The van der Waals surface area contributed by atoms with Crippen LogP contribution in [0.3, 0.4) is 0 Å². The van der Waals surface area contributed by atoms with Gasteiger partial charge in [0.2, 0.25) is 5.91 Å². The minimum Gasteiger partial charge on any atom is -0.324 e. The standard InChI is InChI=1S/C25H28N2O/c1-17-10-12-22(13-11-17)25(21-8-6-5-7-9-21)26-16-23(28)27-24-19(3)14-18(2)15-20(24)4/h5-15,25-26H,16H2,1-4H3,(H,27,28)/t25-/m0/s1. The Kier molecular flexibility index (Phi) is 6.27. The Morgan fingerprint density at radius 1 is 0.786 bits per heavy atom. The molecule has 28 heavy (non-hydrogen) atoms. The molecule has 0 heterocycles. The van der Waals surface area contributed by atoms with Crippen LogP contribution in [-0.4, -0.2) is 12.5 Å². The maximum atomic E-state index is 12.6. The summed E-state index contributed by atoms with van der Waals surface area (Å²) in [6.07, 6.45) is 0. The van der Waals surface area contributed by atoms with Crippen LogP contribution in [0.25, 0.3) is 0 Å². The van der Waals surface area contributed by atoms with Crippen molar-refractivity contribution < 1.29 is 4.79 Å². The van der Waals surface area contributed by atoms with Gasteiger partial charge in [-0.2, -0.15) is 0 Å². The average molecular weight is 373 g/mol. The quantitative estimate of drug-likeness (QED) is 0.621. The molecule has 0 aliphatic rings.